The maximum atomic E-state index is 15.5. The molecule has 0 aliphatic carbocycles. The van der Waals surface area contributed by atoms with Crippen LogP contribution < -0.4 is 5.84 Å². The molecular formula is C39H61FN2. The third kappa shape index (κ3) is 12.5. The molecule has 0 radical (unpaired) electrons. The third-order valence-electron chi connectivity index (χ3n) is 7.39. The summed E-state index contributed by atoms with van der Waals surface area (Å²) in [6.45, 7) is 28.8. The SMILES string of the molecule is C=CCc1ccccc1.C=Cc1cc(CC)cc(F)c1/C(=C(\CC(C)CC)N(N)C(C)(C)C/C=C/CC)C(C)C.CC. The Morgan fingerprint density at radius 2 is 1.60 bits per heavy atom. The van der Waals surface area contributed by atoms with Crippen molar-refractivity contribution in [3.8, 4) is 0 Å². The van der Waals surface area contributed by atoms with Crippen LogP contribution in [0.1, 0.15) is 117 Å². The topological polar surface area (TPSA) is 29.3 Å². The van der Waals surface area contributed by atoms with E-state index in [9.17, 15) is 0 Å². The van der Waals surface area contributed by atoms with Crippen molar-refractivity contribution in [1.29, 1.82) is 0 Å². The lowest BCUT2D eigenvalue weighted by molar-refractivity contribution is 0.160. The van der Waals surface area contributed by atoms with Gasteiger partial charge in [0.25, 0.3) is 0 Å². The molecule has 1 unspecified atom stereocenters. The molecule has 0 saturated heterocycles. The summed E-state index contributed by atoms with van der Waals surface area (Å²) in [6.07, 6.45) is 13.5. The van der Waals surface area contributed by atoms with Gasteiger partial charge in [0, 0.05) is 11.3 Å². The molecule has 2 aromatic carbocycles. The monoisotopic (exact) mass is 576 g/mol. The highest BCUT2D eigenvalue weighted by atomic mass is 19.1. The molecule has 0 spiro atoms. The van der Waals surface area contributed by atoms with Gasteiger partial charge in [-0.2, -0.15) is 0 Å². The normalized spacial score (nSPS) is 12.5. The highest BCUT2D eigenvalue weighted by molar-refractivity contribution is 5.77. The fraction of sp³-hybridized carbons (Fsp3) is 0.487. The molecule has 0 bridgehead atoms. The Hall–Kier alpha value is -2.91. The van der Waals surface area contributed by atoms with Crippen molar-refractivity contribution in [2.24, 2.45) is 17.7 Å². The van der Waals surface area contributed by atoms with Gasteiger partial charge in [0.1, 0.15) is 5.82 Å². The molecule has 2 rings (SSSR count). The first-order chi connectivity index (χ1) is 20.0. The predicted molar refractivity (Wildman–Crippen MR) is 188 cm³/mol. The summed E-state index contributed by atoms with van der Waals surface area (Å²) < 4.78 is 15.5. The van der Waals surface area contributed by atoms with Gasteiger partial charge in [0.2, 0.25) is 0 Å². The van der Waals surface area contributed by atoms with Crippen LogP contribution in [0.2, 0.25) is 0 Å². The van der Waals surface area contributed by atoms with E-state index in [4.69, 9.17) is 5.84 Å². The fourth-order valence-corrected chi connectivity index (χ4v) is 4.70. The van der Waals surface area contributed by atoms with Crippen LogP contribution in [0.3, 0.4) is 0 Å². The number of hydrogen-bond donors (Lipinski definition) is 1. The average molecular weight is 577 g/mol. The zero-order chi connectivity index (χ0) is 32.3. The Bertz CT molecular complexity index is 1110. The summed E-state index contributed by atoms with van der Waals surface area (Å²) in [4.78, 5) is 0. The first kappa shape index (κ1) is 39.1. The highest BCUT2D eigenvalue weighted by Crippen LogP contribution is 2.38. The fourth-order valence-electron chi connectivity index (χ4n) is 4.70. The molecule has 0 amide bonds. The number of halogens is 1. The summed E-state index contributed by atoms with van der Waals surface area (Å²) in [5.41, 5.74) is 5.54. The Morgan fingerprint density at radius 1 is 0.976 bits per heavy atom. The van der Waals surface area contributed by atoms with Crippen LogP contribution in [0.4, 0.5) is 4.39 Å². The summed E-state index contributed by atoms with van der Waals surface area (Å²) in [5.74, 6) is 7.23. The first-order valence-corrected chi connectivity index (χ1v) is 16.0. The second-order valence-corrected chi connectivity index (χ2v) is 11.6. The minimum absolute atomic E-state index is 0.118. The van der Waals surface area contributed by atoms with Gasteiger partial charge in [-0.3, -0.25) is 0 Å². The number of rotatable bonds is 14. The van der Waals surface area contributed by atoms with E-state index in [0.717, 1.165) is 60.9 Å². The molecule has 2 aromatic rings. The lowest BCUT2D eigenvalue weighted by Gasteiger charge is -2.40. The predicted octanol–water partition coefficient (Wildman–Crippen LogP) is 11.6. The number of hydrogen-bond acceptors (Lipinski definition) is 2. The lowest BCUT2D eigenvalue weighted by atomic mass is 9.84. The Kier molecular flexibility index (Phi) is 19.4. The number of aryl methyl sites for hydroxylation is 1. The summed E-state index contributed by atoms with van der Waals surface area (Å²) in [7, 11) is 0. The molecule has 0 aliphatic heterocycles. The molecule has 0 fully saturated rings. The molecule has 0 heterocycles. The van der Waals surface area contributed by atoms with Gasteiger partial charge in [-0.25, -0.2) is 10.2 Å². The molecule has 1 atom stereocenters. The second kappa shape index (κ2) is 20.9. The van der Waals surface area contributed by atoms with E-state index in [1.54, 1.807) is 12.1 Å². The summed E-state index contributed by atoms with van der Waals surface area (Å²) >= 11 is 0. The van der Waals surface area contributed by atoms with Crippen LogP contribution in [-0.4, -0.2) is 10.5 Å². The van der Waals surface area contributed by atoms with Gasteiger partial charge in [0.15, 0.2) is 0 Å². The Balaban J connectivity index is 0.00000128. The van der Waals surface area contributed by atoms with Crippen molar-refractivity contribution in [2.75, 3.05) is 0 Å². The van der Waals surface area contributed by atoms with Gasteiger partial charge in [0.05, 0.1) is 5.54 Å². The maximum Gasteiger partial charge on any atom is 0.131 e. The third-order valence-corrected chi connectivity index (χ3v) is 7.39. The minimum Gasteiger partial charge on any atom is -0.309 e. The number of benzene rings is 2. The van der Waals surface area contributed by atoms with E-state index < -0.39 is 0 Å². The van der Waals surface area contributed by atoms with Crippen molar-refractivity contribution < 1.29 is 4.39 Å². The molecule has 0 saturated carbocycles. The minimum atomic E-state index is -0.289. The van der Waals surface area contributed by atoms with E-state index in [2.05, 4.69) is 92.0 Å². The average Bonchev–Trinajstić information content (AvgIpc) is 2.98. The first-order valence-electron chi connectivity index (χ1n) is 16.0. The largest absolute Gasteiger partial charge is 0.309 e. The molecule has 234 valence electrons. The van der Waals surface area contributed by atoms with E-state index in [-0.39, 0.29) is 17.3 Å². The van der Waals surface area contributed by atoms with Crippen molar-refractivity contribution in [1.82, 2.24) is 5.01 Å². The maximum absolute atomic E-state index is 15.5. The van der Waals surface area contributed by atoms with Crippen molar-refractivity contribution >= 4 is 11.6 Å². The highest BCUT2D eigenvalue weighted by Gasteiger charge is 2.30. The van der Waals surface area contributed by atoms with Gasteiger partial charge >= 0.3 is 0 Å². The molecule has 42 heavy (non-hydrogen) atoms. The Morgan fingerprint density at radius 3 is 2.07 bits per heavy atom. The number of nitrogens with zero attached hydrogens (tertiary/aromatic N) is 1. The van der Waals surface area contributed by atoms with Gasteiger partial charge in [-0.15, -0.1) is 6.58 Å². The van der Waals surface area contributed by atoms with Crippen LogP contribution in [0.25, 0.3) is 11.6 Å². The number of nitrogens with two attached hydrogens (primary N) is 1. The van der Waals surface area contributed by atoms with Gasteiger partial charge < -0.3 is 5.01 Å². The van der Waals surface area contributed by atoms with E-state index in [1.807, 2.05) is 50.1 Å². The van der Waals surface area contributed by atoms with Crippen LogP contribution in [0, 0.1) is 17.7 Å². The molecule has 2 nitrogen and oxygen atoms in total. The Labute approximate surface area is 259 Å². The van der Waals surface area contributed by atoms with Crippen molar-refractivity contribution in [2.45, 2.75) is 113 Å². The van der Waals surface area contributed by atoms with Crippen molar-refractivity contribution in [3.63, 3.8) is 0 Å². The van der Waals surface area contributed by atoms with Crippen LogP contribution in [0.15, 0.2) is 79.5 Å². The zero-order valence-electron chi connectivity index (χ0n) is 28.6. The number of allylic oxidation sites excluding steroid dienone is 4. The standard InChI is InChI=1S/C28H45FN2.C9H10.C2H6/c1-10-14-15-16-28(8,9)31(30)25(17-21(7)11-2)26(20(5)6)27-23(13-4)18-22(12-3)19-24(27)29;1-2-6-9-7-4-3-5-8-9;1-2/h13-15,18-21H,4,10-12,16-17,30H2,1-3,5-9H3;2-5,7-8H,1,6H2;1-2H3/b15-14+,26-25+;;. The molecular weight excluding hydrogens is 515 g/mol. The number of hydrazine groups is 1. The molecule has 2 N–H and O–H groups in total. The molecule has 3 heteroatoms. The van der Waals surface area contributed by atoms with E-state index >= 15 is 4.39 Å². The molecule has 0 aromatic heterocycles. The summed E-state index contributed by atoms with van der Waals surface area (Å²) in [5, 5.41) is 1.91. The van der Waals surface area contributed by atoms with Gasteiger partial charge in [-0.1, -0.05) is 129 Å². The summed E-state index contributed by atoms with van der Waals surface area (Å²) in [6, 6.07) is 14.0. The van der Waals surface area contributed by atoms with Crippen LogP contribution in [0.5, 0.6) is 0 Å². The lowest BCUT2D eigenvalue weighted by Crippen LogP contribution is -2.48. The molecule has 0 aliphatic rings. The van der Waals surface area contributed by atoms with E-state index in [0.29, 0.717) is 11.5 Å². The van der Waals surface area contributed by atoms with Crippen molar-refractivity contribution in [3.05, 3.63) is 108 Å². The smallest absolute Gasteiger partial charge is 0.131 e. The zero-order valence-corrected chi connectivity index (χ0v) is 28.6. The van der Waals surface area contributed by atoms with Crippen LogP contribution in [-0.2, 0) is 12.8 Å². The van der Waals surface area contributed by atoms with Gasteiger partial charge in [-0.05, 0) is 86.1 Å². The van der Waals surface area contributed by atoms with Crippen LogP contribution >= 0.6 is 0 Å². The quantitative estimate of drug-likeness (QED) is 0.138. The second-order valence-electron chi connectivity index (χ2n) is 11.6. The van der Waals surface area contributed by atoms with E-state index in [1.165, 1.54) is 5.56 Å².